The van der Waals surface area contributed by atoms with Gasteiger partial charge in [-0.25, -0.2) is 4.79 Å². The largest absolute Gasteiger partial charge is 0.481 e. The number of halogens is 2. The molecule has 174 valence electrons. The van der Waals surface area contributed by atoms with E-state index in [-0.39, 0.29) is 12.5 Å². The molecule has 1 unspecified atom stereocenters. The first-order valence-electron chi connectivity index (χ1n) is 10.4. The summed E-state index contributed by atoms with van der Waals surface area (Å²) >= 11 is 8.23. The number of carbonyl (C=O) groups excluding carboxylic acids is 2. The maximum atomic E-state index is 12.7. The van der Waals surface area contributed by atoms with Crippen LogP contribution in [0.4, 0.5) is 10.5 Å². The fourth-order valence-corrected chi connectivity index (χ4v) is 4.88. The molecule has 9 heteroatoms. The second-order valence-corrected chi connectivity index (χ2v) is 9.39. The third-order valence-corrected chi connectivity index (χ3v) is 6.50. The molecule has 0 saturated carbocycles. The summed E-state index contributed by atoms with van der Waals surface area (Å²) in [6.07, 6.45) is -1.49. The van der Waals surface area contributed by atoms with Gasteiger partial charge in [0.15, 0.2) is 0 Å². The van der Waals surface area contributed by atoms with E-state index in [1.54, 1.807) is 18.2 Å². The smallest absolute Gasteiger partial charge is 0.407 e. The first-order valence-corrected chi connectivity index (χ1v) is 11.9. The molecule has 1 aliphatic carbocycles. The van der Waals surface area contributed by atoms with Gasteiger partial charge in [-0.3, -0.25) is 9.59 Å². The molecule has 0 aliphatic heterocycles. The summed E-state index contributed by atoms with van der Waals surface area (Å²) in [5, 5.41) is 14.5. The van der Waals surface area contributed by atoms with Crippen LogP contribution >= 0.6 is 34.2 Å². The molecule has 0 saturated heterocycles. The normalized spacial score (nSPS) is 12.9. The van der Waals surface area contributed by atoms with Gasteiger partial charge in [0.25, 0.3) is 0 Å². The molecule has 0 fully saturated rings. The van der Waals surface area contributed by atoms with Crippen LogP contribution in [0.3, 0.4) is 0 Å². The monoisotopic (exact) mass is 590 g/mol. The Morgan fingerprint density at radius 1 is 1.00 bits per heavy atom. The van der Waals surface area contributed by atoms with Crippen molar-refractivity contribution in [1.29, 1.82) is 0 Å². The van der Waals surface area contributed by atoms with Crippen LogP contribution in [0.25, 0.3) is 11.1 Å². The summed E-state index contributed by atoms with van der Waals surface area (Å²) in [6, 6.07) is 19.5. The lowest BCUT2D eigenvalue weighted by molar-refractivity contribution is -0.139. The van der Waals surface area contributed by atoms with Crippen molar-refractivity contribution in [2.45, 2.75) is 18.4 Å². The van der Waals surface area contributed by atoms with Crippen LogP contribution in [0.15, 0.2) is 66.7 Å². The van der Waals surface area contributed by atoms with Crippen molar-refractivity contribution in [2.75, 3.05) is 11.9 Å². The number of hydrogen-bond acceptors (Lipinski definition) is 4. The lowest BCUT2D eigenvalue weighted by Gasteiger charge is -2.19. The molecular weight excluding hydrogens is 571 g/mol. The van der Waals surface area contributed by atoms with Gasteiger partial charge >= 0.3 is 12.1 Å². The number of nitrogens with one attached hydrogen (secondary N) is 2. The number of hydrogen-bond donors (Lipinski definition) is 3. The van der Waals surface area contributed by atoms with Gasteiger partial charge in [-0.1, -0.05) is 60.1 Å². The average Bonchev–Trinajstić information content (AvgIpc) is 3.12. The highest BCUT2D eigenvalue weighted by atomic mass is 127. The van der Waals surface area contributed by atoms with Gasteiger partial charge in [0.05, 0.1) is 17.1 Å². The molecule has 3 N–H and O–H groups in total. The Balaban J connectivity index is 1.43. The van der Waals surface area contributed by atoms with Gasteiger partial charge < -0.3 is 20.5 Å². The van der Waals surface area contributed by atoms with Gasteiger partial charge in [0.1, 0.15) is 12.6 Å². The van der Waals surface area contributed by atoms with Crippen LogP contribution in [0, 0.1) is 3.57 Å². The van der Waals surface area contributed by atoms with E-state index in [2.05, 4.69) is 33.2 Å². The van der Waals surface area contributed by atoms with E-state index in [1.807, 2.05) is 48.5 Å². The van der Waals surface area contributed by atoms with Gasteiger partial charge in [-0.15, -0.1) is 0 Å². The fourth-order valence-electron chi connectivity index (χ4n) is 3.98. The summed E-state index contributed by atoms with van der Waals surface area (Å²) in [6.45, 7) is 0.0459. The number of carbonyl (C=O) groups is 3. The number of carboxylic acids is 1. The molecule has 2 amide bonds. The molecule has 4 rings (SSSR count). The Morgan fingerprint density at radius 3 is 2.21 bits per heavy atom. The number of carboxylic acid groups (broad SMARTS) is 1. The molecule has 0 spiro atoms. The van der Waals surface area contributed by atoms with Crippen molar-refractivity contribution in [3.05, 3.63) is 86.4 Å². The van der Waals surface area contributed by atoms with E-state index in [9.17, 15) is 19.5 Å². The highest BCUT2D eigenvalue weighted by Crippen LogP contribution is 2.44. The van der Waals surface area contributed by atoms with Crippen molar-refractivity contribution in [3.63, 3.8) is 0 Å². The Hall–Kier alpha value is -3.11. The van der Waals surface area contributed by atoms with Crippen molar-refractivity contribution in [1.82, 2.24) is 5.32 Å². The van der Waals surface area contributed by atoms with Crippen LogP contribution in [0.1, 0.15) is 23.5 Å². The van der Waals surface area contributed by atoms with Crippen molar-refractivity contribution in [2.24, 2.45) is 0 Å². The van der Waals surface area contributed by atoms with E-state index >= 15 is 0 Å². The number of fused-ring (bicyclic) bond motifs is 3. The third kappa shape index (κ3) is 5.34. The zero-order valence-corrected chi connectivity index (χ0v) is 20.7. The minimum atomic E-state index is -1.34. The Bertz CT molecular complexity index is 1220. The third-order valence-electron chi connectivity index (χ3n) is 5.52. The minimum Gasteiger partial charge on any atom is -0.481 e. The number of rotatable bonds is 7. The van der Waals surface area contributed by atoms with Crippen LogP contribution in [-0.2, 0) is 14.3 Å². The topological polar surface area (TPSA) is 105 Å². The summed E-state index contributed by atoms with van der Waals surface area (Å²) in [7, 11) is 0. The maximum absolute atomic E-state index is 12.7. The SMILES string of the molecule is O=C(O)CC(NC(=O)OCC1c2ccccc2-c2ccccc21)C(=O)Nc1ccc(I)cc1Cl. The molecular formula is C25H20ClIN2O5. The quantitative estimate of drug-likeness (QED) is 0.326. The van der Waals surface area contributed by atoms with Crippen LogP contribution in [-0.4, -0.2) is 35.7 Å². The Labute approximate surface area is 214 Å². The molecule has 34 heavy (non-hydrogen) atoms. The van der Waals surface area contributed by atoms with Gasteiger partial charge in [-0.05, 0) is 63.0 Å². The van der Waals surface area contributed by atoms with Crippen molar-refractivity contribution >= 4 is 57.8 Å². The van der Waals surface area contributed by atoms with Gasteiger partial charge in [0.2, 0.25) is 5.91 Å². The summed E-state index contributed by atoms with van der Waals surface area (Å²) in [4.78, 5) is 36.6. The molecule has 3 aromatic carbocycles. The molecule has 0 aromatic heterocycles. The number of ether oxygens (including phenoxy) is 1. The Kier molecular flexibility index (Phi) is 7.38. The van der Waals surface area contributed by atoms with Crippen LogP contribution in [0.5, 0.6) is 0 Å². The first-order chi connectivity index (χ1) is 16.3. The number of anilines is 1. The van der Waals surface area contributed by atoms with E-state index in [0.717, 1.165) is 25.8 Å². The fraction of sp³-hybridized carbons (Fsp3) is 0.160. The second-order valence-electron chi connectivity index (χ2n) is 7.73. The highest BCUT2D eigenvalue weighted by Gasteiger charge is 2.30. The van der Waals surface area contributed by atoms with Gasteiger partial charge in [-0.2, -0.15) is 0 Å². The summed E-state index contributed by atoms with van der Waals surface area (Å²) in [5.41, 5.74) is 4.58. The standard InChI is InChI=1S/C25H20ClIN2O5/c26-20-11-14(27)9-10-21(20)28-24(32)22(12-23(30)31)29-25(33)34-13-19-17-7-3-1-5-15(17)16-6-2-4-8-18(16)19/h1-11,19,22H,12-13H2,(H,28,32)(H,29,33)(H,30,31). The highest BCUT2D eigenvalue weighted by molar-refractivity contribution is 14.1. The molecule has 1 aliphatic rings. The predicted molar refractivity (Wildman–Crippen MR) is 137 cm³/mol. The van der Waals surface area contributed by atoms with E-state index in [0.29, 0.717) is 10.7 Å². The van der Waals surface area contributed by atoms with E-state index in [4.69, 9.17) is 16.3 Å². The lowest BCUT2D eigenvalue weighted by Crippen LogP contribution is -2.45. The number of aliphatic carboxylic acids is 1. The van der Waals surface area contributed by atoms with E-state index < -0.39 is 30.4 Å². The lowest BCUT2D eigenvalue weighted by atomic mass is 9.98. The number of benzene rings is 3. The number of alkyl carbamates (subject to hydrolysis) is 1. The first kappa shape index (κ1) is 24.0. The molecule has 3 aromatic rings. The number of amides is 2. The van der Waals surface area contributed by atoms with Crippen molar-refractivity contribution < 1.29 is 24.2 Å². The summed E-state index contributed by atoms with van der Waals surface area (Å²) < 4.78 is 6.32. The molecule has 0 heterocycles. The molecule has 7 nitrogen and oxygen atoms in total. The second kappa shape index (κ2) is 10.4. The maximum Gasteiger partial charge on any atom is 0.407 e. The molecule has 0 bridgehead atoms. The van der Waals surface area contributed by atoms with Crippen LogP contribution in [0.2, 0.25) is 5.02 Å². The van der Waals surface area contributed by atoms with E-state index in [1.165, 1.54) is 0 Å². The van der Waals surface area contributed by atoms with Gasteiger partial charge in [0, 0.05) is 9.49 Å². The zero-order valence-electron chi connectivity index (χ0n) is 17.8. The predicted octanol–water partition coefficient (Wildman–Crippen LogP) is 5.27. The van der Waals surface area contributed by atoms with Crippen molar-refractivity contribution in [3.8, 4) is 11.1 Å². The summed E-state index contributed by atoms with van der Waals surface area (Å²) in [5.74, 6) is -2.11. The Morgan fingerprint density at radius 2 is 1.62 bits per heavy atom. The molecule has 0 radical (unpaired) electrons. The zero-order chi connectivity index (χ0) is 24.2. The minimum absolute atomic E-state index is 0.0459. The van der Waals surface area contributed by atoms with Crippen LogP contribution < -0.4 is 10.6 Å². The molecule has 1 atom stereocenters. The average molecular weight is 591 g/mol.